The fraction of sp³-hybridized carbons (Fsp3) is 0.516. The molecule has 224 valence electrons. The fourth-order valence-corrected chi connectivity index (χ4v) is 5.93. The highest BCUT2D eigenvalue weighted by Gasteiger charge is 2.31. The third-order valence-corrected chi connectivity index (χ3v) is 8.03. The van der Waals surface area contributed by atoms with Gasteiger partial charge in [-0.2, -0.15) is 8.78 Å². The van der Waals surface area contributed by atoms with Crippen LogP contribution in [0.1, 0.15) is 61.4 Å². The highest BCUT2D eigenvalue weighted by atomic mass is 19.3. The molecule has 2 aromatic carbocycles. The summed E-state index contributed by atoms with van der Waals surface area (Å²) in [7, 11) is 1.32. The summed E-state index contributed by atoms with van der Waals surface area (Å²) < 4.78 is 63.2. The Balaban J connectivity index is 1.56. The largest absolute Gasteiger partial charge is 0.493 e. The Hall–Kier alpha value is -3.11. The van der Waals surface area contributed by atoms with Crippen molar-refractivity contribution in [3.63, 3.8) is 0 Å². The molecule has 2 aliphatic rings. The number of ether oxygens (including phenoxy) is 2. The first-order valence-electron chi connectivity index (χ1n) is 14.2. The van der Waals surface area contributed by atoms with Gasteiger partial charge in [0.15, 0.2) is 11.5 Å². The number of nitrogens with zero attached hydrogens (tertiary/aromatic N) is 2. The number of rotatable bonds is 11. The Morgan fingerprint density at radius 1 is 1.10 bits per heavy atom. The van der Waals surface area contributed by atoms with E-state index in [4.69, 9.17) is 10.5 Å². The maximum atomic E-state index is 14.4. The molecular formula is C31H39F4N3O3. The minimum absolute atomic E-state index is 0.0229. The Morgan fingerprint density at radius 3 is 2.54 bits per heavy atom. The number of hydrogen-bond acceptors (Lipinski definition) is 5. The molecule has 1 aliphatic heterocycles. The number of alkyl halides is 2. The van der Waals surface area contributed by atoms with E-state index in [0.717, 1.165) is 57.7 Å². The smallest absolute Gasteiger partial charge is 0.387 e. The van der Waals surface area contributed by atoms with E-state index in [-0.39, 0.29) is 47.2 Å². The highest BCUT2D eigenvalue weighted by Crippen LogP contribution is 2.31. The van der Waals surface area contributed by atoms with Crippen molar-refractivity contribution < 1.29 is 31.8 Å². The van der Waals surface area contributed by atoms with Crippen LogP contribution in [0.2, 0.25) is 0 Å². The van der Waals surface area contributed by atoms with Crippen LogP contribution in [0.15, 0.2) is 42.0 Å². The molecule has 0 bridgehead atoms. The van der Waals surface area contributed by atoms with Gasteiger partial charge in [0.2, 0.25) is 0 Å². The molecule has 4 rings (SSSR count). The minimum atomic E-state index is -3.03. The normalized spacial score (nSPS) is 21.8. The summed E-state index contributed by atoms with van der Waals surface area (Å²) in [5.74, 6) is -1.22. The highest BCUT2D eigenvalue weighted by molar-refractivity contribution is 5.95. The van der Waals surface area contributed by atoms with Crippen molar-refractivity contribution in [1.82, 2.24) is 9.80 Å². The van der Waals surface area contributed by atoms with Crippen molar-refractivity contribution in [2.45, 2.75) is 64.1 Å². The van der Waals surface area contributed by atoms with Crippen molar-refractivity contribution >= 4 is 12.0 Å². The summed E-state index contributed by atoms with van der Waals surface area (Å²) in [4.78, 5) is 18.0. The molecule has 0 aromatic heterocycles. The Bertz CT molecular complexity index is 1220. The summed E-state index contributed by atoms with van der Waals surface area (Å²) in [6, 6.07) is 7.93. The number of amides is 1. The molecule has 1 saturated carbocycles. The van der Waals surface area contributed by atoms with E-state index in [0.29, 0.717) is 18.0 Å². The van der Waals surface area contributed by atoms with E-state index in [2.05, 4.69) is 9.64 Å². The van der Waals surface area contributed by atoms with E-state index in [1.165, 1.54) is 37.4 Å². The van der Waals surface area contributed by atoms with Gasteiger partial charge in [0.05, 0.1) is 7.11 Å². The predicted molar refractivity (Wildman–Crippen MR) is 150 cm³/mol. The van der Waals surface area contributed by atoms with Crippen molar-refractivity contribution in [2.75, 3.05) is 33.3 Å². The number of carbonyl (C=O) groups excluding carboxylic acids is 1. The van der Waals surface area contributed by atoms with Crippen molar-refractivity contribution in [3.8, 4) is 11.5 Å². The lowest BCUT2D eigenvalue weighted by atomic mass is 9.86. The first-order chi connectivity index (χ1) is 19.6. The van der Waals surface area contributed by atoms with E-state index in [9.17, 15) is 22.4 Å². The van der Waals surface area contributed by atoms with Crippen LogP contribution >= 0.6 is 0 Å². The van der Waals surface area contributed by atoms with E-state index in [1.54, 1.807) is 17.9 Å². The standard InChI is InChI=1S/C31H39F4N3O3/c1-20(14-22-7-9-24(32)16-27(22)33)17-38(30(39)23-8-12-28(41-31(34)35)29(15-23)40-2)19-26-4-3-13-37(26)18-21-5-10-25(36)11-6-21/h7-9,12,14-16,21,25-26,31H,3-6,10-11,13,17-19,36H2,1-2H3/b20-14+/t21?,25?,26-/m0/s1. The molecule has 1 amide bonds. The molecule has 41 heavy (non-hydrogen) atoms. The van der Waals surface area contributed by atoms with Gasteiger partial charge in [-0.05, 0) is 88.2 Å². The summed E-state index contributed by atoms with van der Waals surface area (Å²) in [5.41, 5.74) is 7.29. The van der Waals surface area contributed by atoms with Gasteiger partial charge in [0.25, 0.3) is 5.91 Å². The average Bonchev–Trinajstić information content (AvgIpc) is 3.37. The van der Waals surface area contributed by atoms with Gasteiger partial charge in [0, 0.05) is 48.9 Å². The second-order valence-corrected chi connectivity index (χ2v) is 11.2. The Morgan fingerprint density at radius 2 is 1.85 bits per heavy atom. The van der Waals surface area contributed by atoms with Crippen LogP contribution in [-0.2, 0) is 0 Å². The van der Waals surface area contributed by atoms with Crippen molar-refractivity contribution in [1.29, 1.82) is 0 Å². The molecule has 1 atom stereocenters. The van der Waals surface area contributed by atoms with Crippen LogP contribution in [0.25, 0.3) is 6.08 Å². The van der Waals surface area contributed by atoms with Gasteiger partial charge in [-0.1, -0.05) is 11.6 Å². The lowest BCUT2D eigenvalue weighted by Gasteiger charge is -2.35. The summed E-state index contributed by atoms with van der Waals surface area (Å²) in [6.45, 7) is 1.33. The van der Waals surface area contributed by atoms with Crippen LogP contribution in [0.3, 0.4) is 0 Å². The molecule has 6 nitrogen and oxygen atoms in total. The number of nitrogens with two attached hydrogens (primary N) is 1. The van der Waals surface area contributed by atoms with E-state index < -0.39 is 18.2 Å². The molecular weight excluding hydrogens is 538 g/mol. The molecule has 0 radical (unpaired) electrons. The number of hydrogen-bond donors (Lipinski definition) is 1. The van der Waals surface area contributed by atoms with Gasteiger partial charge in [-0.25, -0.2) is 8.78 Å². The zero-order valence-corrected chi connectivity index (χ0v) is 23.6. The lowest BCUT2D eigenvalue weighted by molar-refractivity contribution is -0.0512. The lowest BCUT2D eigenvalue weighted by Crippen LogP contribution is -2.45. The average molecular weight is 578 g/mol. The second kappa shape index (κ2) is 14.2. The second-order valence-electron chi connectivity index (χ2n) is 11.2. The summed E-state index contributed by atoms with van der Waals surface area (Å²) >= 11 is 0. The van der Waals surface area contributed by atoms with Crippen LogP contribution < -0.4 is 15.2 Å². The third kappa shape index (κ3) is 8.45. The van der Waals surface area contributed by atoms with E-state index in [1.807, 2.05) is 0 Å². The van der Waals surface area contributed by atoms with Gasteiger partial charge in [-0.15, -0.1) is 0 Å². The monoisotopic (exact) mass is 577 g/mol. The maximum Gasteiger partial charge on any atom is 0.387 e. The molecule has 1 aliphatic carbocycles. The SMILES string of the molecule is COc1cc(C(=O)N(C/C(C)=C/c2ccc(F)cc2F)C[C@@H]2CCCN2CC2CCC(N)CC2)ccc1OC(F)F. The van der Waals surface area contributed by atoms with Crippen LogP contribution in [0, 0.1) is 17.6 Å². The predicted octanol–water partition coefficient (Wildman–Crippen LogP) is 6.10. The Labute approximate surface area is 239 Å². The number of methoxy groups -OCH3 is 1. The van der Waals surface area contributed by atoms with Gasteiger partial charge >= 0.3 is 6.61 Å². The molecule has 1 heterocycles. The van der Waals surface area contributed by atoms with E-state index >= 15 is 0 Å². The molecule has 0 spiro atoms. The number of halogens is 4. The first kappa shape index (κ1) is 30.8. The maximum absolute atomic E-state index is 14.4. The molecule has 2 fully saturated rings. The van der Waals surface area contributed by atoms with Gasteiger partial charge < -0.3 is 20.1 Å². The summed E-state index contributed by atoms with van der Waals surface area (Å²) in [5, 5.41) is 0. The molecule has 2 N–H and O–H groups in total. The first-order valence-corrected chi connectivity index (χ1v) is 14.2. The van der Waals surface area contributed by atoms with Crippen LogP contribution in [0.4, 0.5) is 17.6 Å². The molecule has 0 unspecified atom stereocenters. The zero-order valence-electron chi connectivity index (χ0n) is 23.6. The fourth-order valence-electron chi connectivity index (χ4n) is 5.93. The minimum Gasteiger partial charge on any atom is -0.493 e. The number of benzene rings is 2. The van der Waals surface area contributed by atoms with Crippen LogP contribution in [-0.4, -0.2) is 67.7 Å². The van der Waals surface area contributed by atoms with Crippen molar-refractivity contribution in [2.24, 2.45) is 11.7 Å². The van der Waals surface area contributed by atoms with Crippen molar-refractivity contribution in [3.05, 3.63) is 64.7 Å². The molecule has 1 saturated heterocycles. The van der Waals surface area contributed by atoms with Gasteiger partial charge in [0.1, 0.15) is 11.6 Å². The Kier molecular flexibility index (Phi) is 10.7. The van der Waals surface area contributed by atoms with Gasteiger partial charge in [-0.3, -0.25) is 9.69 Å². The topological polar surface area (TPSA) is 68.0 Å². The number of likely N-dealkylation sites (tertiary alicyclic amines) is 1. The molecule has 10 heteroatoms. The van der Waals surface area contributed by atoms with Crippen LogP contribution in [0.5, 0.6) is 11.5 Å². The molecule has 2 aromatic rings. The quantitative estimate of drug-likeness (QED) is 0.327. The summed E-state index contributed by atoms with van der Waals surface area (Å²) in [6.07, 6.45) is 7.84. The third-order valence-electron chi connectivity index (χ3n) is 8.03. The number of carbonyl (C=O) groups is 1. The zero-order chi connectivity index (χ0) is 29.5.